The Morgan fingerprint density at radius 2 is 2.24 bits per heavy atom. The first kappa shape index (κ1) is 9.83. The fraction of sp³-hybridized carbons (Fsp3) is 0.538. The van der Waals surface area contributed by atoms with Crippen molar-refractivity contribution in [1.29, 1.82) is 0 Å². The highest BCUT2D eigenvalue weighted by Crippen LogP contribution is 2.61. The van der Waals surface area contributed by atoms with Crippen molar-refractivity contribution in [2.75, 3.05) is 11.9 Å². The predicted octanol–water partition coefficient (Wildman–Crippen LogP) is 3.29. The third kappa shape index (κ3) is 1.62. The van der Waals surface area contributed by atoms with Crippen molar-refractivity contribution in [2.45, 2.75) is 25.7 Å². The van der Waals surface area contributed by atoms with Crippen molar-refractivity contribution in [1.82, 2.24) is 9.97 Å². The Morgan fingerprint density at radius 3 is 3.00 bits per heavy atom. The third-order valence-electron chi connectivity index (χ3n) is 4.21. The number of anilines is 1. The first-order valence-corrected chi connectivity index (χ1v) is 7.17. The quantitative estimate of drug-likeness (QED) is 0.898. The van der Waals surface area contributed by atoms with E-state index < -0.39 is 0 Å². The lowest BCUT2D eigenvalue weighted by Gasteiger charge is -2.15. The predicted molar refractivity (Wildman–Crippen MR) is 70.3 cm³/mol. The molecule has 17 heavy (non-hydrogen) atoms. The molecule has 2 aliphatic rings. The van der Waals surface area contributed by atoms with Crippen LogP contribution in [0.2, 0.25) is 0 Å². The highest BCUT2D eigenvalue weighted by molar-refractivity contribution is 7.16. The Kier molecular flexibility index (Phi) is 1.98. The molecule has 0 atom stereocenters. The maximum absolute atomic E-state index is 4.37. The van der Waals surface area contributed by atoms with Gasteiger partial charge in [0.2, 0.25) is 0 Å². The Hall–Kier alpha value is -1.16. The van der Waals surface area contributed by atoms with Gasteiger partial charge in [0.05, 0.1) is 5.39 Å². The smallest absolute Gasteiger partial charge is 0.138 e. The number of aromatic nitrogens is 2. The molecule has 2 aliphatic carbocycles. The third-order valence-corrected chi connectivity index (χ3v) is 5.03. The summed E-state index contributed by atoms with van der Waals surface area (Å²) in [6, 6.07) is 2.11. The Balaban J connectivity index is 1.56. The molecule has 2 aromatic heterocycles. The molecule has 0 aliphatic heterocycles. The molecule has 0 amide bonds. The van der Waals surface area contributed by atoms with E-state index in [1.54, 1.807) is 17.7 Å². The maximum Gasteiger partial charge on any atom is 0.138 e. The maximum atomic E-state index is 4.37. The lowest BCUT2D eigenvalue weighted by Crippen LogP contribution is -2.18. The van der Waals surface area contributed by atoms with Crippen molar-refractivity contribution in [2.24, 2.45) is 11.3 Å². The van der Waals surface area contributed by atoms with E-state index in [0.717, 1.165) is 23.1 Å². The van der Waals surface area contributed by atoms with Crippen molar-refractivity contribution < 1.29 is 0 Å². The average molecular weight is 245 g/mol. The summed E-state index contributed by atoms with van der Waals surface area (Å²) in [5.41, 5.74) is 0.618. The monoisotopic (exact) mass is 245 g/mol. The van der Waals surface area contributed by atoms with Crippen molar-refractivity contribution >= 4 is 27.4 Å². The molecule has 4 heteroatoms. The molecule has 0 spiro atoms. The normalized spacial score (nSPS) is 21.6. The minimum atomic E-state index is 0.618. The van der Waals surface area contributed by atoms with Crippen molar-refractivity contribution in [3.8, 4) is 0 Å². The van der Waals surface area contributed by atoms with E-state index in [4.69, 9.17) is 0 Å². The van der Waals surface area contributed by atoms with Gasteiger partial charge in [0, 0.05) is 6.54 Å². The molecular weight excluding hydrogens is 230 g/mol. The van der Waals surface area contributed by atoms with Gasteiger partial charge in [-0.25, -0.2) is 9.97 Å². The second-order valence-electron chi connectivity index (χ2n) is 5.35. The Bertz CT molecular complexity index is 555. The van der Waals surface area contributed by atoms with E-state index in [0.29, 0.717) is 5.41 Å². The summed E-state index contributed by atoms with van der Waals surface area (Å²) in [6.45, 7) is 1.10. The molecular formula is C13H15N3S. The summed E-state index contributed by atoms with van der Waals surface area (Å²) in [5.74, 6) is 2.01. The summed E-state index contributed by atoms with van der Waals surface area (Å²) < 4.78 is 0. The van der Waals surface area contributed by atoms with Crippen LogP contribution in [0.4, 0.5) is 5.82 Å². The first-order chi connectivity index (χ1) is 8.37. The van der Waals surface area contributed by atoms with Gasteiger partial charge < -0.3 is 5.32 Å². The minimum Gasteiger partial charge on any atom is -0.369 e. The molecule has 0 aromatic carbocycles. The van der Waals surface area contributed by atoms with Crippen LogP contribution in [0.3, 0.4) is 0 Å². The number of fused-ring (bicyclic) bond motifs is 1. The second kappa shape index (κ2) is 3.42. The van der Waals surface area contributed by atoms with Gasteiger partial charge in [0.15, 0.2) is 0 Å². The molecule has 0 bridgehead atoms. The van der Waals surface area contributed by atoms with Gasteiger partial charge in [0.1, 0.15) is 17.0 Å². The van der Waals surface area contributed by atoms with Gasteiger partial charge in [0.25, 0.3) is 0 Å². The molecule has 2 saturated carbocycles. The molecule has 2 heterocycles. The molecule has 88 valence electrons. The lowest BCUT2D eigenvalue weighted by atomic mass is 10.0. The molecule has 0 unspecified atom stereocenters. The second-order valence-corrected chi connectivity index (χ2v) is 6.25. The molecule has 2 aromatic rings. The summed E-state index contributed by atoms with van der Waals surface area (Å²) in [6.07, 6.45) is 7.36. The summed E-state index contributed by atoms with van der Waals surface area (Å²) in [7, 11) is 0. The van der Waals surface area contributed by atoms with E-state index in [1.165, 1.54) is 31.1 Å². The van der Waals surface area contributed by atoms with Gasteiger partial charge in [-0.3, -0.25) is 0 Å². The minimum absolute atomic E-state index is 0.618. The van der Waals surface area contributed by atoms with Gasteiger partial charge in [-0.05, 0) is 48.5 Å². The average Bonchev–Trinajstić information content (AvgIpc) is 3.24. The van der Waals surface area contributed by atoms with Crippen molar-refractivity contribution in [3.05, 3.63) is 17.8 Å². The summed E-state index contributed by atoms with van der Waals surface area (Å²) >= 11 is 1.68. The Labute approximate surface area is 104 Å². The van der Waals surface area contributed by atoms with Crippen LogP contribution in [0.25, 0.3) is 10.2 Å². The highest BCUT2D eigenvalue weighted by atomic mass is 32.1. The van der Waals surface area contributed by atoms with Crippen LogP contribution in [-0.2, 0) is 0 Å². The van der Waals surface area contributed by atoms with E-state index in [1.807, 2.05) is 0 Å². The number of hydrogen-bond acceptors (Lipinski definition) is 4. The number of hydrogen-bond donors (Lipinski definition) is 1. The van der Waals surface area contributed by atoms with Gasteiger partial charge >= 0.3 is 0 Å². The standard InChI is InChI=1S/C13H15N3S/c1-2-9(1)13(4-5-13)7-14-11-10-3-6-17-12(10)16-8-15-11/h3,6,8-9H,1-2,4-5,7H2,(H,14,15,16). The largest absolute Gasteiger partial charge is 0.369 e. The van der Waals surface area contributed by atoms with Gasteiger partial charge in [-0.15, -0.1) is 11.3 Å². The zero-order chi connectivity index (χ0) is 11.3. The molecule has 1 N–H and O–H groups in total. The van der Waals surface area contributed by atoms with Crippen LogP contribution in [0, 0.1) is 11.3 Å². The first-order valence-electron chi connectivity index (χ1n) is 6.29. The molecule has 0 saturated heterocycles. The zero-order valence-corrected chi connectivity index (χ0v) is 10.5. The number of thiophene rings is 1. The van der Waals surface area contributed by atoms with E-state index in [2.05, 4.69) is 26.7 Å². The highest BCUT2D eigenvalue weighted by Gasteiger charge is 2.53. The molecule has 2 fully saturated rings. The van der Waals surface area contributed by atoms with Gasteiger partial charge in [-0.2, -0.15) is 0 Å². The molecule has 3 nitrogen and oxygen atoms in total. The summed E-state index contributed by atoms with van der Waals surface area (Å²) in [4.78, 5) is 9.73. The molecule has 0 radical (unpaired) electrons. The van der Waals surface area contributed by atoms with Crippen LogP contribution >= 0.6 is 11.3 Å². The fourth-order valence-corrected chi connectivity index (χ4v) is 3.51. The fourth-order valence-electron chi connectivity index (χ4n) is 2.78. The summed E-state index contributed by atoms with van der Waals surface area (Å²) in [5, 5.41) is 6.81. The van der Waals surface area contributed by atoms with Crippen molar-refractivity contribution in [3.63, 3.8) is 0 Å². The van der Waals surface area contributed by atoms with Crippen LogP contribution < -0.4 is 5.32 Å². The molecule has 4 rings (SSSR count). The number of nitrogens with one attached hydrogen (secondary N) is 1. The van der Waals surface area contributed by atoms with Gasteiger partial charge in [-0.1, -0.05) is 0 Å². The lowest BCUT2D eigenvalue weighted by molar-refractivity contribution is 0.466. The number of rotatable bonds is 4. The van der Waals surface area contributed by atoms with E-state index in [9.17, 15) is 0 Å². The zero-order valence-electron chi connectivity index (χ0n) is 9.65. The van der Waals surface area contributed by atoms with E-state index in [-0.39, 0.29) is 0 Å². The van der Waals surface area contributed by atoms with Crippen LogP contribution in [0.5, 0.6) is 0 Å². The topological polar surface area (TPSA) is 37.8 Å². The Morgan fingerprint density at radius 1 is 1.35 bits per heavy atom. The van der Waals surface area contributed by atoms with Crippen LogP contribution in [-0.4, -0.2) is 16.5 Å². The van der Waals surface area contributed by atoms with Crippen LogP contribution in [0.15, 0.2) is 17.8 Å². The van der Waals surface area contributed by atoms with E-state index >= 15 is 0 Å². The number of nitrogens with zero attached hydrogens (tertiary/aromatic N) is 2. The SMILES string of the molecule is c1nc(NCC2(C3CC3)CC2)c2ccsc2n1. The van der Waals surface area contributed by atoms with Crippen LogP contribution in [0.1, 0.15) is 25.7 Å².